The highest BCUT2D eigenvalue weighted by Gasteiger charge is 2.31. The van der Waals surface area contributed by atoms with Crippen LogP contribution in [0, 0.1) is 0 Å². The Labute approximate surface area is 114 Å². The summed E-state index contributed by atoms with van der Waals surface area (Å²) in [5.41, 5.74) is 7.33. The molecule has 0 aromatic carbocycles. The first kappa shape index (κ1) is 14.0. The van der Waals surface area contributed by atoms with E-state index in [4.69, 9.17) is 5.73 Å². The van der Waals surface area contributed by atoms with E-state index in [2.05, 4.69) is 15.2 Å². The minimum absolute atomic E-state index is 0.0353. The number of nitrogens with one attached hydrogen (secondary N) is 1. The number of likely N-dealkylation sites (tertiary alicyclic amines) is 1. The first-order valence-corrected chi connectivity index (χ1v) is 6.74. The Morgan fingerprint density at radius 3 is 2.79 bits per heavy atom. The Morgan fingerprint density at radius 2 is 2.21 bits per heavy atom. The van der Waals surface area contributed by atoms with Gasteiger partial charge in [-0.15, -0.1) is 0 Å². The molecule has 1 fully saturated rings. The van der Waals surface area contributed by atoms with E-state index in [0.717, 1.165) is 19.5 Å². The SMILES string of the molecule is CC(=O)NC1CCN(C(c2ccncc2)C(C)N)C1. The number of rotatable bonds is 4. The quantitative estimate of drug-likeness (QED) is 0.837. The van der Waals surface area contributed by atoms with Crippen molar-refractivity contribution in [2.24, 2.45) is 5.73 Å². The number of nitrogens with two attached hydrogens (primary N) is 1. The molecule has 2 heterocycles. The number of carbonyl (C=O) groups is 1. The molecule has 1 aliphatic heterocycles. The maximum Gasteiger partial charge on any atom is 0.217 e. The van der Waals surface area contributed by atoms with Gasteiger partial charge in [0.2, 0.25) is 5.91 Å². The third kappa shape index (κ3) is 3.52. The summed E-state index contributed by atoms with van der Waals surface area (Å²) in [7, 11) is 0. The van der Waals surface area contributed by atoms with Crippen molar-refractivity contribution in [1.29, 1.82) is 0 Å². The molecule has 19 heavy (non-hydrogen) atoms. The lowest BCUT2D eigenvalue weighted by molar-refractivity contribution is -0.119. The maximum absolute atomic E-state index is 11.1. The van der Waals surface area contributed by atoms with Gasteiger partial charge in [0, 0.05) is 50.5 Å². The van der Waals surface area contributed by atoms with Crippen LogP contribution in [0.4, 0.5) is 0 Å². The van der Waals surface area contributed by atoms with E-state index in [1.165, 1.54) is 5.56 Å². The average molecular weight is 262 g/mol. The Bertz CT molecular complexity index is 421. The van der Waals surface area contributed by atoms with E-state index < -0.39 is 0 Å². The van der Waals surface area contributed by atoms with Crippen LogP contribution in [0.2, 0.25) is 0 Å². The second kappa shape index (κ2) is 6.12. The lowest BCUT2D eigenvalue weighted by Gasteiger charge is -2.31. The van der Waals surface area contributed by atoms with Crippen LogP contribution in [0.5, 0.6) is 0 Å². The fourth-order valence-corrected chi connectivity index (χ4v) is 2.85. The number of carbonyl (C=O) groups excluding carboxylic acids is 1. The van der Waals surface area contributed by atoms with Crippen molar-refractivity contribution in [2.45, 2.75) is 38.4 Å². The fraction of sp³-hybridized carbons (Fsp3) is 0.571. The molecule has 3 atom stereocenters. The summed E-state index contributed by atoms with van der Waals surface area (Å²) < 4.78 is 0. The van der Waals surface area contributed by atoms with Gasteiger partial charge in [0.05, 0.1) is 0 Å². The zero-order chi connectivity index (χ0) is 13.8. The van der Waals surface area contributed by atoms with E-state index in [-0.39, 0.29) is 24.0 Å². The highest BCUT2D eigenvalue weighted by molar-refractivity contribution is 5.73. The number of aromatic nitrogens is 1. The monoisotopic (exact) mass is 262 g/mol. The second-order valence-corrected chi connectivity index (χ2v) is 5.27. The number of hydrogen-bond donors (Lipinski definition) is 2. The standard InChI is InChI=1S/C14H22N4O/c1-10(15)14(12-3-6-16-7-4-12)18-8-5-13(9-18)17-11(2)19/h3-4,6-7,10,13-14H,5,8-9,15H2,1-2H3,(H,17,19). The van der Waals surface area contributed by atoms with Crippen LogP contribution in [-0.2, 0) is 4.79 Å². The van der Waals surface area contributed by atoms with Crippen LogP contribution in [0.25, 0.3) is 0 Å². The summed E-state index contributed by atoms with van der Waals surface area (Å²) in [4.78, 5) is 17.5. The van der Waals surface area contributed by atoms with Gasteiger partial charge in [-0.1, -0.05) is 0 Å². The second-order valence-electron chi connectivity index (χ2n) is 5.27. The molecule has 2 rings (SSSR count). The van der Waals surface area contributed by atoms with Crippen molar-refractivity contribution in [3.63, 3.8) is 0 Å². The third-order valence-corrected chi connectivity index (χ3v) is 3.57. The summed E-state index contributed by atoms with van der Waals surface area (Å²) >= 11 is 0. The van der Waals surface area contributed by atoms with Crippen molar-refractivity contribution in [1.82, 2.24) is 15.2 Å². The fourth-order valence-electron chi connectivity index (χ4n) is 2.85. The Morgan fingerprint density at radius 1 is 1.53 bits per heavy atom. The van der Waals surface area contributed by atoms with Gasteiger partial charge in [-0.2, -0.15) is 0 Å². The molecule has 0 spiro atoms. The summed E-state index contributed by atoms with van der Waals surface area (Å²) in [5.74, 6) is 0.0353. The van der Waals surface area contributed by atoms with Crippen molar-refractivity contribution < 1.29 is 4.79 Å². The summed E-state index contributed by atoms with van der Waals surface area (Å²) in [6.45, 7) is 5.40. The van der Waals surface area contributed by atoms with Crippen LogP contribution in [-0.4, -0.2) is 41.0 Å². The maximum atomic E-state index is 11.1. The lowest BCUT2D eigenvalue weighted by Crippen LogP contribution is -2.41. The van der Waals surface area contributed by atoms with Crippen molar-refractivity contribution in [3.8, 4) is 0 Å². The van der Waals surface area contributed by atoms with Crippen LogP contribution >= 0.6 is 0 Å². The predicted molar refractivity (Wildman–Crippen MR) is 74.4 cm³/mol. The van der Waals surface area contributed by atoms with E-state index in [9.17, 15) is 4.79 Å². The molecule has 0 saturated carbocycles. The van der Waals surface area contributed by atoms with E-state index in [1.807, 2.05) is 19.1 Å². The summed E-state index contributed by atoms with van der Waals surface area (Å²) in [6.07, 6.45) is 4.58. The van der Waals surface area contributed by atoms with Gasteiger partial charge in [0.1, 0.15) is 0 Å². The summed E-state index contributed by atoms with van der Waals surface area (Å²) in [5, 5.41) is 2.98. The van der Waals surface area contributed by atoms with Gasteiger partial charge in [-0.05, 0) is 31.0 Å². The molecular weight excluding hydrogens is 240 g/mol. The number of nitrogens with zero attached hydrogens (tertiary/aromatic N) is 2. The van der Waals surface area contributed by atoms with Crippen LogP contribution in [0.1, 0.15) is 31.9 Å². The first-order valence-electron chi connectivity index (χ1n) is 6.74. The minimum Gasteiger partial charge on any atom is -0.352 e. The molecule has 3 unspecified atom stereocenters. The molecule has 104 valence electrons. The number of hydrogen-bond acceptors (Lipinski definition) is 4. The van der Waals surface area contributed by atoms with Crippen LogP contribution in [0.15, 0.2) is 24.5 Å². The predicted octanol–water partition coefficient (Wildman–Crippen LogP) is 0.680. The highest BCUT2D eigenvalue weighted by Crippen LogP contribution is 2.27. The van der Waals surface area contributed by atoms with Crippen LogP contribution in [0.3, 0.4) is 0 Å². The van der Waals surface area contributed by atoms with Crippen molar-refractivity contribution in [3.05, 3.63) is 30.1 Å². The minimum atomic E-state index is 0.0353. The Balaban J connectivity index is 2.08. The molecule has 1 aliphatic rings. The average Bonchev–Trinajstić information content (AvgIpc) is 2.77. The van der Waals surface area contributed by atoms with E-state index >= 15 is 0 Å². The number of amides is 1. The third-order valence-electron chi connectivity index (χ3n) is 3.57. The normalized spacial score (nSPS) is 23.0. The van der Waals surface area contributed by atoms with Gasteiger partial charge in [0.15, 0.2) is 0 Å². The Hall–Kier alpha value is -1.46. The summed E-state index contributed by atoms with van der Waals surface area (Å²) in [6, 6.07) is 4.49. The molecule has 5 heteroatoms. The molecule has 1 aromatic rings. The zero-order valence-electron chi connectivity index (χ0n) is 11.5. The zero-order valence-corrected chi connectivity index (χ0v) is 11.5. The van der Waals surface area contributed by atoms with Gasteiger partial charge in [-0.25, -0.2) is 0 Å². The van der Waals surface area contributed by atoms with E-state index in [1.54, 1.807) is 19.3 Å². The van der Waals surface area contributed by atoms with Gasteiger partial charge >= 0.3 is 0 Å². The molecule has 1 aromatic heterocycles. The molecule has 1 amide bonds. The van der Waals surface area contributed by atoms with Crippen molar-refractivity contribution >= 4 is 5.91 Å². The molecule has 1 saturated heterocycles. The first-order chi connectivity index (χ1) is 9.08. The molecule has 3 N–H and O–H groups in total. The molecule has 0 aliphatic carbocycles. The largest absolute Gasteiger partial charge is 0.352 e. The molecule has 0 radical (unpaired) electrons. The Kier molecular flexibility index (Phi) is 4.50. The van der Waals surface area contributed by atoms with Gasteiger partial charge in [0.25, 0.3) is 0 Å². The van der Waals surface area contributed by atoms with Gasteiger partial charge < -0.3 is 11.1 Å². The number of pyridine rings is 1. The van der Waals surface area contributed by atoms with Crippen molar-refractivity contribution in [2.75, 3.05) is 13.1 Å². The van der Waals surface area contributed by atoms with E-state index in [0.29, 0.717) is 0 Å². The molecular formula is C14H22N4O. The molecule has 5 nitrogen and oxygen atoms in total. The molecule has 0 bridgehead atoms. The lowest BCUT2D eigenvalue weighted by atomic mass is 10.0. The van der Waals surface area contributed by atoms with Gasteiger partial charge in [-0.3, -0.25) is 14.7 Å². The van der Waals surface area contributed by atoms with Crippen LogP contribution < -0.4 is 11.1 Å². The topological polar surface area (TPSA) is 71.2 Å². The smallest absolute Gasteiger partial charge is 0.217 e. The highest BCUT2D eigenvalue weighted by atomic mass is 16.1.